The minimum absolute atomic E-state index is 0.0182. The second kappa shape index (κ2) is 7.22. The first-order valence-corrected chi connectivity index (χ1v) is 10.8. The summed E-state index contributed by atoms with van der Waals surface area (Å²) in [4.78, 5) is 27.5. The minimum Gasteiger partial charge on any atom is -0.472 e. The molecule has 0 radical (unpaired) electrons. The van der Waals surface area contributed by atoms with E-state index in [1.165, 1.54) is 36.7 Å². The number of benzene rings is 1. The van der Waals surface area contributed by atoms with Crippen LogP contribution in [0.1, 0.15) is 28.8 Å². The highest BCUT2D eigenvalue weighted by Crippen LogP contribution is 2.71. The Morgan fingerprint density at radius 2 is 1.88 bits per heavy atom. The highest BCUT2D eigenvalue weighted by molar-refractivity contribution is 6.00. The molecule has 3 aliphatic rings. The van der Waals surface area contributed by atoms with E-state index in [1.807, 2.05) is 0 Å². The summed E-state index contributed by atoms with van der Waals surface area (Å²) in [5.41, 5.74) is -0.268. The Balaban J connectivity index is 1.26. The van der Waals surface area contributed by atoms with E-state index in [0.29, 0.717) is 30.0 Å². The van der Waals surface area contributed by atoms with Crippen LogP contribution < -0.4 is 4.74 Å². The minimum atomic E-state index is -4.47. The van der Waals surface area contributed by atoms with Crippen LogP contribution in [0.3, 0.4) is 0 Å². The molecule has 174 valence electrons. The number of carbonyl (C=O) groups excluding carboxylic acids is 1. The largest absolute Gasteiger partial charge is 0.472 e. The summed E-state index contributed by atoms with van der Waals surface area (Å²) in [7, 11) is 0. The monoisotopic (exact) mass is 470 g/mol. The molecule has 2 aliphatic carbocycles. The highest BCUT2D eigenvalue weighted by Gasteiger charge is 2.76. The van der Waals surface area contributed by atoms with Gasteiger partial charge < -0.3 is 9.64 Å². The Hall–Kier alpha value is -3.56. The highest BCUT2D eigenvalue weighted by atomic mass is 19.4. The number of carbonyl (C=O) groups is 1. The molecule has 1 aliphatic heterocycles. The molecule has 3 fully saturated rings. The van der Waals surface area contributed by atoms with E-state index in [0.717, 1.165) is 18.7 Å². The van der Waals surface area contributed by atoms with Crippen molar-refractivity contribution in [3.8, 4) is 17.3 Å². The molecule has 10 heteroatoms. The molecule has 1 saturated heterocycles. The van der Waals surface area contributed by atoms with E-state index in [2.05, 4.69) is 15.0 Å². The van der Waals surface area contributed by atoms with Gasteiger partial charge in [0.15, 0.2) is 5.82 Å². The molecule has 2 saturated carbocycles. The first-order valence-electron chi connectivity index (χ1n) is 10.8. The second-order valence-electron chi connectivity index (χ2n) is 9.04. The Bertz CT molecular complexity index is 1270. The van der Waals surface area contributed by atoms with Gasteiger partial charge in [0.25, 0.3) is 5.91 Å². The van der Waals surface area contributed by atoms with Crippen LogP contribution in [0.25, 0.3) is 11.4 Å². The summed E-state index contributed by atoms with van der Waals surface area (Å²) in [6.07, 6.45) is 0.635. The van der Waals surface area contributed by atoms with Crippen molar-refractivity contribution in [2.24, 2.45) is 11.3 Å². The number of alkyl halides is 3. The van der Waals surface area contributed by atoms with Gasteiger partial charge in [0, 0.05) is 42.2 Å². The summed E-state index contributed by atoms with van der Waals surface area (Å²) < 4.78 is 58.4. The molecule has 3 aromatic rings. The maximum absolute atomic E-state index is 14.0. The number of hydrogen-bond acceptors (Lipinski definition) is 5. The van der Waals surface area contributed by atoms with Gasteiger partial charge in [-0.1, -0.05) is 0 Å². The summed E-state index contributed by atoms with van der Waals surface area (Å²) in [6, 6.07) is 7.45. The average Bonchev–Trinajstić information content (AvgIpc) is 3.47. The van der Waals surface area contributed by atoms with E-state index in [9.17, 15) is 22.4 Å². The number of rotatable bonds is 4. The molecule has 1 spiro atoms. The molecule has 6 nitrogen and oxygen atoms in total. The van der Waals surface area contributed by atoms with Gasteiger partial charge in [-0.25, -0.2) is 19.3 Å². The number of piperidine rings is 1. The van der Waals surface area contributed by atoms with Gasteiger partial charge in [-0.05, 0) is 49.1 Å². The third-order valence-electron chi connectivity index (χ3n) is 7.17. The Labute approximate surface area is 191 Å². The van der Waals surface area contributed by atoms with E-state index in [1.54, 1.807) is 11.0 Å². The van der Waals surface area contributed by atoms with E-state index in [-0.39, 0.29) is 35.2 Å². The summed E-state index contributed by atoms with van der Waals surface area (Å²) in [5.74, 6) is -0.0753. The number of aromatic nitrogens is 3. The van der Waals surface area contributed by atoms with Crippen molar-refractivity contribution >= 4 is 5.91 Å². The molecule has 0 N–H and O–H groups in total. The van der Waals surface area contributed by atoms with Crippen molar-refractivity contribution in [3.63, 3.8) is 0 Å². The number of amides is 1. The van der Waals surface area contributed by atoms with Gasteiger partial charge in [-0.2, -0.15) is 13.2 Å². The fourth-order valence-corrected chi connectivity index (χ4v) is 5.51. The van der Waals surface area contributed by atoms with Crippen LogP contribution in [-0.4, -0.2) is 44.4 Å². The predicted octanol–water partition coefficient (Wildman–Crippen LogP) is 4.38. The van der Waals surface area contributed by atoms with Crippen LogP contribution in [0.15, 0.2) is 55.0 Å². The number of hydrogen-bond donors (Lipinski definition) is 0. The first kappa shape index (κ1) is 21.0. The predicted molar refractivity (Wildman–Crippen MR) is 111 cm³/mol. The molecule has 1 aromatic carbocycles. The topological polar surface area (TPSA) is 68.2 Å². The van der Waals surface area contributed by atoms with Crippen LogP contribution in [0, 0.1) is 17.2 Å². The lowest BCUT2D eigenvalue weighted by molar-refractivity contribution is -0.137. The van der Waals surface area contributed by atoms with Crippen molar-refractivity contribution in [2.45, 2.75) is 31.2 Å². The summed E-state index contributed by atoms with van der Waals surface area (Å²) in [6.45, 7) is 0.552. The van der Waals surface area contributed by atoms with Crippen LogP contribution in [-0.2, 0) is 6.18 Å². The molecular formula is C24H18F4N4O2. The normalized spacial score (nSPS) is 26.9. The molecule has 1 amide bonds. The van der Waals surface area contributed by atoms with Gasteiger partial charge in [-0.3, -0.25) is 4.79 Å². The molecule has 4 unspecified atom stereocenters. The molecule has 34 heavy (non-hydrogen) atoms. The smallest absolute Gasteiger partial charge is 0.417 e. The zero-order valence-corrected chi connectivity index (χ0v) is 17.7. The zero-order chi connectivity index (χ0) is 23.7. The number of pyridine rings is 1. The number of ether oxygens (including phenoxy) is 1. The fraction of sp³-hybridized carbons (Fsp3) is 0.333. The van der Waals surface area contributed by atoms with E-state index < -0.39 is 17.6 Å². The molecule has 2 aromatic heterocycles. The van der Waals surface area contributed by atoms with Gasteiger partial charge in [0.2, 0.25) is 5.88 Å². The second-order valence-corrected chi connectivity index (χ2v) is 9.04. The van der Waals surface area contributed by atoms with Crippen molar-refractivity contribution in [1.29, 1.82) is 0 Å². The number of halogens is 4. The number of likely N-dealkylation sites (tertiary alicyclic amines) is 1. The molecule has 0 bridgehead atoms. The lowest BCUT2D eigenvalue weighted by Gasteiger charge is -2.47. The lowest BCUT2D eigenvalue weighted by atomic mass is 9.73. The quantitative estimate of drug-likeness (QED) is 0.530. The van der Waals surface area contributed by atoms with E-state index >= 15 is 0 Å². The van der Waals surface area contributed by atoms with Gasteiger partial charge >= 0.3 is 6.18 Å². The average molecular weight is 470 g/mol. The van der Waals surface area contributed by atoms with Crippen LogP contribution >= 0.6 is 0 Å². The van der Waals surface area contributed by atoms with Crippen molar-refractivity contribution in [1.82, 2.24) is 19.9 Å². The van der Waals surface area contributed by atoms with Crippen LogP contribution in [0.4, 0.5) is 17.6 Å². The summed E-state index contributed by atoms with van der Waals surface area (Å²) >= 11 is 0. The zero-order valence-electron chi connectivity index (χ0n) is 17.7. The number of nitrogens with zero attached hydrogens (tertiary/aromatic N) is 4. The lowest BCUT2D eigenvalue weighted by Crippen LogP contribution is -2.59. The van der Waals surface area contributed by atoms with Crippen molar-refractivity contribution < 1.29 is 27.1 Å². The Morgan fingerprint density at radius 1 is 1.09 bits per heavy atom. The molecule has 4 atom stereocenters. The standard InChI is InChI=1S/C24H18F4N4O2/c25-15-3-4-16(17(8-15)21-29-6-1-7-30-21)22(33)32-12-14-9-23(14)10-18(20(23)32)34-19-5-2-13(11-31-19)24(26,27)28/h1-8,11,14,18,20H,9-10,12H2. The molecule has 6 rings (SSSR count). The molecule has 3 heterocycles. The van der Waals surface area contributed by atoms with Crippen molar-refractivity contribution in [3.05, 3.63) is 71.9 Å². The van der Waals surface area contributed by atoms with Gasteiger partial charge in [0.05, 0.1) is 17.2 Å². The van der Waals surface area contributed by atoms with Crippen LogP contribution in [0.5, 0.6) is 5.88 Å². The maximum Gasteiger partial charge on any atom is 0.417 e. The first-order chi connectivity index (χ1) is 16.3. The Morgan fingerprint density at radius 3 is 2.59 bits per heavy atom. The fourth-order valence-electron chi connectivity index (χ4n) is 5.51. The Kier molecular flexibility index (Phi) is 4.46. The maximum atomic E-state index is 14.0. The van der Waals surface area contributed by atoms with Crippen molar-refractivity contribution in [2.75, 3.05) is 6.54 Å². The molecular weight excluding hydrogens is 452 g/mol. The third kappa shape index (κ3) is 3.23. The van der Waals surface area contributed by atoms with Gasteiger partial charge in [-0.15, -0.1) is 0 Å². The summed E-state index contributed by atoms with van der Waals surface area (Å²) in [5, 5.41) is 0. The third-order valence-corrected chi connectivity index (χ3v) is 7.17. The van der Waals surface area contributed by atoms with Gasteiger partial charge in [0.1, 0.15) is 11.9 Å². The SMILES string of the molecule is O=C(c1ccc(F)cc1-c1ncccn1)N1CC2CC23CC(Oc2ccc(C(F)(F)F)cn2)C13. The van der Waals surface area contributed by atoms with Crippen LogP contribution in [0.2, 0.25) is 0 Å². The van der Waals surface area contributed by atoms with E-state index in [4.69, 9.17) is 4.74 Å².